The van der Waals surface area contributed by atoms with E-state index in [2.05, 4.69) is 15.3 Å². The first-order valence-electron chi connectivity index (χ1n) is 4.85. The first kappa shape index (κ1) is 11.4. The van der Waals surface area contributed by atoms with Crippen LogP contribution < -0.4 is 5.32 Å². The number of hydrogen-bond acceptors (Lipinski definition) is 4. The molecule has 2 N–H and O–H groups in total. The number of carbonyl (C=O) groups is 1. The fourth-order valence-corrected chi connectivity index (χ4v) is 1.20. The number of aliphatic carboxylic acids is 1. The molecule has 0 spiro atoms. The van der Waals surface area contributed by atoms with Crippen molar-refractivity contribution >= 4 is 11.8 Å². The van der Waals surface area contributed by atoms with Crippen molar-refractivity contribution in [3.63, 3.8) is 0 Å². The molecule has 5 heteroatoms. The molecule has 1 heterocycles. The molecule has 0 aliphatic rings. The Morgan fingerprint density at radius 3 is 2.93 bits per heavy atom. The zero-order chi connectivity index (χ0) is 11.3. The van der Waals surface area contributed by atoms with Crippen LogP contribution in [0.5, 0.6) is 0 Å². The van der Waals surface area contributed by atoms with Crippen LogP contribution in [-0.4, -0.2) is 27.1 Å². The number of carboxylic acid groups (broad SMARTS) is 1. The number of nitrogens with one attached hydrogen (secondary N) is 1. The van der Waals surface area contributed by atoms with Crippen molar-refractivity contribution in [2.75, 3.05) is 5.32 Å². The summed E-state index contributed by atoms with van der Waals surface area (Å²) in [6.45, 7) is 3.81. The van der Waals surface area contributed by atoms with Gasteiger partial charge in [-0.3, -0.25) is 4.79 Å². The molecular weight excluding hydrogens is 194 g/mol. The van der Waals surface area contributed by atoms with Gasteiger partial charge in [0.1, 0.15) is 12.1 Å². The average Bonchev–Trinajstić information content (AvgIpc) is 2.15. The highest BCUT2D eigenvalue weighted by Crippen LogP contribution is 2.07. The molecule has 1 unspecified atom stereocenters. The van der Waals surface area contributed by atoms with Gasteiger partial charge < -0.3 is 10.4 Å². The molecule has 0 bridgehead atoms. The molecule has 82 valence electrons. The minimum Gasteiger partial charge on any atom is -0.481 e. The van der Waals surface area contributed by atoms with Gasteiger partial charge in [0.2, 0.25) is 0 Å². The summed E-state index contributed by atoms with van der Waals surface area (Å²) in [4.78, 5) is 18.4. The second-order valence-corrected chi connectivity index (χ2v) is 3.52. The van der Waals surface area contributed by atoms with Crippen molar-refractivity contribution in [1.29, 1.82) is 0 Å². The van der Waals surface area contributed by atoms with Gasteiger partial charge in [-0.2, -0.15) is 0 Å². The van der Waals surface area contributed by atoms with Gasteiger partial charge in [-0.15, -0.1) is 0 Å². The van der Waals surface area contributed by atoms with Gasteiger partial charge in [0.05, 0.1) is 0 Å². The van der Waals surface area contributed by atoms with Gasteiger partial charge in [0.15, 0.2) is 0 Å². The van der Waals surface area contributed by atoms with Crippen LogP contribution in [0.1, 0.15) is 25.5 Å². The Morgan fingerprint density at radius 1 is 1.60 bits per heavy atom. The lowest BCUT2D eigenvalue weighted by atomic mass is 10.2. The summed E-state index contributed by atoms with van der Waals surface area (Å²) >= 11 is 0. The number of aromatic nitrogens is 2. The maximum Gasteiger partial charge on any atom is 0.303 e. The molecule has 1 rings (SSSR count). The van der Waals surface area contributed by atoms with Gasteiger partial charge in [0.25, 0.3) is 0 Å². The third-order valence-electron chi connectivity index (χ3n) is 1.99. The van der Waals surface area contributed by atoms with Crippen LogP contribution in [0.2, 0.25) is 0 Å². The molecule has 1 atom stereocenters. The summed E-state index contributed by atoms with van der Waals surface area (Å²) in [5.41, 5.74) is 0.887. The Balaban J connectivity index is 2.44. The lowest BCUT2D eigenvalue weighted by molar-refractivity contribution is -0.137. The fourth-order valence-electron chi connectivity index (χ4n) is 1.20. The average molecular weight is 209 g/mol. The van der Waals surface area contributed by atoms with E-state index in [0.29, 0.717) is 6.42 Å². The van der Waals surface area contributed by atoms with Crippen LogP contribution in [0.4, 0.5) is 5.82 Å². The van der Waals surface area contributed by atoms with E-state index in [1.54, 1.807) is 0 Å². The minimum atomic E-state index is -0.775. The minimum absolute atomic E-state index is 0.0930. The number of hydrogen-bond donors (Lipinski definition) is 2. The Kier molecular flexibility index (Phi) is 4.03. The largest absolute Gasteiger partial charge is 0.481 e. The summed E-state index contributed by atoms with van der Waals surface area (Å²) in [6.07, 6.45) is 2.23. The molecule has 0 aromatic carbocycles. The molecule has 0 saturated heterocycles. The molecule has 1 aromatic rings. The van der Waals surface area contributed by atoms with Crippen LogP contribution in [0.3, 0.4) is 0 Å². The van der Waals surface area contributed by atoms with E-state index >= 15 is 0 Å². The molecular formula is C10H15N3O2. The second kappa shape index (κ2) is 5.29. The lowest BCUT2D eigenvalue weighted by Crippen LogP contribution is -2.17. The van der Waals surface area contributed by atoms with E-state index in [0.717, 1.165) is 11.5 Å². The summed E-state index contributed by atoms with van der Waals surface area (Å²) in [5, 5.41) is 11.6. The quantitative estimate of drug-likeness (QED) is 0.767. The zero-order valence-electron chi connectivity index (χ0n) is 8.90. The zero-order valence-corrected chi connectivity index (χ0v) is 8.90. The predicted molar refractivity (Wildman–Crippen MR) is 56.7 cm³/mol. The van der Waals surface area contributed by atoms with Gasteiger partial charge in [0, 0.05) is 24.2 Å². The van der Waals surface area contributed by atoms with Gasteiger partial charge in [-0.05, 0) is 20.3 Å². The van der Waals surface area contributed by atoms with Crippen LogP contribution in [0.25, 0.3) is 0 Å². The molecule has 0 aliphatic carbocycles. The highest BCUT2D eigenvalue weighted by Gasteiger charge is 2.05. The summed E-state index contributed by atoms with van der Waals surface area (Å²) < 4.78 is 0. The number of carboxylic acids is 1. The molecule has 0 fully saturated rings. The van der Waals surface area contributed by atoms with E-state index in [1.807, 2.05) is 19.9 Å². The van der Waals surface area contributed by atoms with E-state index in [1.165, 1.54) is 6.33 Å². The molecule has 1 aromatic heterocycles. The normalized spacial score (nSPS) is 12.1. The lowest BCUT2D eigenvalue weighted by Gasteiger charge is -2.13. The van der Waals surface area contributed by atoms with E-state index in [9.17, 15) is 4.79 Å². The topological polar surface area (TPSA) is 75.1 Å². The van der Waals surface area contributed by atoms with Crippen molar-refractivity contribution in [3.05, 3.63) is 18.1 Å². The molecule has 0 aliphatic heterocycles. The van der Waals surface area contributed by atoms with Gasteiger partial charge in [-0.1, -0.05) is 0 Å². The molecule has 15 heavy (non-hydrogen) atoms. The fraction of sp³-hybridized carbons (Fsp3) is 0.500. The number of nitrogens with zero attached hydrogens (tertiary/aromatic N) is 2. The van der Waals surface area contributed by atoms with Crippen molar-refractivity contribution in [2.45, 2.75) is 32.7 Å². The Hall–Kier alpha value is -1.65. The van der Waals surface area contributed by atoms with E-state index in [4.69, 9.17) is 5.11 Å². The Bertz CT molecular complexity index is 341. The SMILES string of the molecule is Cc1cc(NC(C)CCC(=O)O)ncn1. The maximum atomic E-state index is 10.4. The third-order valence-corrected chi connectivity index (χ3v) is 1.99. The maximum absolute atomic E-state index is 10.4. The monoisotopic (exact) mass is 209 g/mol. The van der Waals surface area contributed by atoms with Crippen molar-refractivity contribution in [3.8, 4) is 0 Å². The van der Waals surface area contributed by atoms with Crippen LogP contribution in [0.15, 0.2) is 12.4 Å². The first-order chi connectivity index (χ1) is 7.08. The molecule has 0 saturated carbocycles. The molecule has 0 radical (unpaired) electrons. The summed E-state index contributed by atoms with van der Waals surface area (Å²) in [7, 11) is 0. The molecule has 0 amide bonds. The Labute approximate surface area is 88.6 Å². The Morgan fingerprint density at radius 2 is 2.33 bits per heavy atom. The number of aryl methyl sites for hydroxylation is 1. The van der Waals surface area contributed by atoms with Crippen molar-refractivity contribution < 1.29 is 9.90 Å². The standard InChI is InChI=1S/C10H15N3O2/c1-7(3-4-10(14)15)13-9-5-8(2)11-6-12-9/h5-7H,3-4H2,1-2H3,(H,14,15)(H,11,12,13). The number of anilines is 1. The number of rotatable bonds is 5. The smallest absolute Gasteiger partial charge is 0.303 e. The summed E-state index contributed by atoms with van der Waals surface area (Å²) in [6, 6.07) is 1.92. The van der Waals surface area contributed by atoms with Gasteiger partial charge in [-0.25, -0.2) is 9.97 Å². The van der Waals surface area contributed by atoms with Crippen LogP contribution >= 0.6 is 0 Å². The highest BCUT2D eigenvalue weighted by atomic mass is 16.4. The van der Waals surface area contributed by atoms with Gasteiger partial charge >= 0.3 is 5.97 Å². The molecule has 5 nitrogen and oxygen atoms in total. The first-order valence-corrected chi connectivity index (χ1v) is 4.85. The predicted octanol–water partition coefficient (Wildman–Crippen LogP) is 1.45. The van der Waals surface area contributed by atoms with E-state index < -0.39 is 5.97 Å². The van der Waals surface area contributed by atoms with Crippen molar-refractivity contribution in [1.82, 2.24) is 9.97 Å². The highest BCUT2D eigenvalue weighted by molar-refractivity contribution is 5.66. The second-order valence-electron chi connectivity index (χ2n) is 3.52. The van der Waals surface area contributed by atoms with Crippen LogP contribution in [0, 0.1) is 6.92 Å². The third kappa shape index (κ3) is 4.39. The van der Waals surface area contributed by atoms with E-state index in [-0.39, 0.29) is 12.5 Å². The van der Waals surface area contributed by atoms with Crippen molar-refractivity contribution in [2.24, 2.45) is 0 Å². The summed E-state index contributed by atoms with van der Waals surface area (Å²) in [5.74, 6) is -0.0390. The van der Waals surface area contributed by atoms with Crippen LogP contribution in [-0.2, 0) is 4.79 Å².